The van der Waals surface area contributed by atoms with Gasteiger partial charge in [-0.3, -0.25) is 4.79 Å². The lowest BCUT2D eigenvalue weighted by Crippen LogP contribution is -2.21. The fourth-order valence-electron chi connectivity index (χ4n) is 3.81. The van der Waals surface area contributed by atoms with Gasteiger partial charge in [-0.1, -0.05) is 24.3 Å². The third-order valence-corrected chi connectivity index (χ3v) is 4.86. The van der Waals surface area contributed by atoms with Gasteiger partial charge in [0.05, 0.1) is 0 Å². The molecular weight excluding hydrogens is 246 g/mol. The number of aromatic nitrogens is 1. The van der Waals surface area contributed by atoms with Crippen molar-refractivity contribution >= 4 is 5.78 Å². The van der Waals surface area contributed by atoms with E-state index >= 15 is 0 Å². The second-order valence-corrected chi connectivity index (χ2v) is 6.03. The molecule has 2 heteroatoms. The van der Waals surface area contributed by atoms with E-state index in [1.165, 1.54) is 23.2 Å². The number of Topliss-reactive ketones (excluding diaryl/α,β-unsaturated/α-hetero) is 1. The first-order chi connectivity index (χ1) is 9.83. The van der Waals surface area contributed by atoms with Crippen LogP contribution in [-0.4, -0.2) is 10.4 Å². The van der Waals surface area contributed by atoms with E-state index in [2.05, 4.69) is 35.0 Å². The molecule has 1 atom stereocenters. The Morgan fingerprint density at radius 3 is 2.75 bits per heavy atom. The van der Waals surface area contributed by atoms with Crippen LogP contribution in [0.4, 0.5) is 0 Å². The highest BCUT2D eigenvalue weighted by atomic mass is 16.1. The molecular formula is C18H19NO. The van der Waals surface area contributed by atoms with Crippen molar-refractivity contribution < 1.29 is 4.79 Å². The standard InChI is InChI=1S/C18H19NO/c20-18-7-3-6-17-16(18)10-11-19(17)15-9-8-13-4-1-2-5-14(13)12-15/h1-2,4-5,10-11,15H,3,6-9,12H2. The summed E-state index contributed by atoms with van der Waals surface area (Å²) in [5.74, 6) is 0.334. The maximum absolute atomic E-state index is 12.0. The first kappa shape index (κ1) is 12.0. The van der Waals surface area contributed by atoms with E-state index in [9.17, 15) is 4.79 Å². The topological polar surface area (TPSA) is 22.0 Å². The summed E-state index contributed by atoms with van der Waals surface area (Å²) in [5.41, 5.74) is 5.25. The number of fused-ring (bicyclic) bond motifs is 2. The number of benzene rings is 1. The predicted molar refractivity (Wildman–Crippen MR) is 79.2 cm³/mol. The van der Waals surface area contributed by atoms with Crippen LogP contribution in [-0.2, 0) is 19.3 Å². The zero-order valence-corrected chi connectivity index (χ0v) is 11.6. The molecule has 0 fully saturated rings. The van der Waals surface area contributed by atoms with Gasteiger partial charge >= 0.3 is 0 Å². The summed E-state index contributed by atoms with van der Waals surface area (Å²) in [5, 5.41) is 0. The second-order valence-electron chi connectivity index (χ2n) is 6.03. The third-order valence-electron chi connectivity index (χ3n) is 4.86. The molecule has 0 aliphatic heterocycles. The van der Waals surface area contributed by atoms with Gasteiger partial charge in [-0.15, -0.1) is 0 Å². The molecule has 102 valence electrons. The van der Waals surface area contributed by atoms with Crippen LogP contribution in [0.5, 0.6) is 0 Å². The summed E-state index contributed by atoms with van der Waals surface area (Å²) in [4.78, 5) is 12.0. The highest BCUT2D eigenvalue weighted by Gasteiger charge is 2.26. The summed E-state index contributed by atoms with van der Waals surface area (Å²) in [7, 11) is 0. The summed E-state index contributed by atoms with van der Waals surface area (Å²) in [6, 6.07) is 11.3. The molecule has 0 amide bonds. The van der Waals surface area contributed by atoms with E-state index in [-0.39, 0.29) is 0 Å². The average molecular weight is 265 g/mol. The molecule has 1 aromatic carbocycles. The highest BCUT2D eigenvalue weighted by molar-refractivity contribution is 5.98. The van der Waals surface area contributed by atoms with Crippen LogP contribution in [0, 0.1) is 0 Å². The van der Waals surface area contributed by atoms with Crippen molar-refractivity contribution in [1.82, 2.24) is 4.57 Å². The second kappa shape index (κ2) is 4.62. The Morgan fingerprint density at radius 1 is 1.00 bits per heavy atom. The minimum Gasteiger partial charge on any atom is -0.347 e. The van der Waals surface area contributed by atoms with Gasteiger partial charge in [-0.05, 0) is 49.3 Å². The number of carbonyl (C=O) groups excluding carboxylic acids is 1. The summed E-state index contributed by atoms with van der Waals surface area (Å²) < 4.78 is 2.39. The molecule has 20 heavy (non-hydrogen) atoms. The molecule has 2 aliphatic rings. The van der Waals surface area contributed by atoms with Gasteiger partial charge in [-0.2, -0.15) is 0 Å². The molecule has 1 aromatic heterocycles. The molecule has 1 unspecified atom stereocenters. The molecule has 4 rings (SSSR count). The number of hydrogen-bond donors (Lipinski definition) is 0. The minimum atomic E-state index is 0.334. The van der Waals surface area contributed by atoms with Crippen LogP contribution in [0.1, 0.15) is 52.5 Å². The minimum absolute atomic E-state index is 0.334. The molecule has 0 spiro atoms. The molecule has 0 saturated carbocycles. The smallest absolute Gasteiger partial charge is 0.164 e. The number of ketones is 1. The lowest BCUT2D eigenvalue weighted by molar-refractivity contribution is 0.0971. The molecule has 2 aromatic rings. The van der Waals surface area contributed by atoms with Gasteiger partial charge in [0.1, 0.15) is 0 Å². The lowest BCUT2D eigenvalue weighted by Gasteiger charge is -2.28. The molecule has 0 radical (unpaired) electrons. The number of nitrogens with zero attached hydrogens (tertiary/aromatic N) is 1. The van der Waals surface area contributed by atoms with E-state index in [1.54, 1.807) is 0 Å². The van der Waals surface area contributed by atoms with E-state index in [0.29, 0.717) is 11.8 Å². The van der Waals surface area contributed by atoms with E-state index < -0.39 is 0 Å². The van der Waals surface area contributed by atoms with Gasteiger partial charge in [-0.25, -0.2) is 0 Å². The Kier molecular flexibility index (Phi) is 2.76. The van der Waals surface area contributed by atoms with E-state index in [1.807, 2.05) is 6.07 Å². The van der Waals surface area contributed by atoms with Gasteiger partial charge in [0.2, 0.25) is 0 Å². The Bertz CT molecular complexity index is 668. The normalized spacial score (nSPS) is 21.4. The monoisotopic (exact) mass is 265 g/mol. The van der Waals surface area contributed by atoms with Crippen LogP contribution in [0.15, 0.2) is 36.5 Å². The first-order valence-electron chi connectivity index (χ1n) is 7.62. The van der Waals surface area contributed by atoms with Crippen LogP contribution < -0.4 is 0 Å². The maximum Gasteiger partial charge on any atom is 0.164 e. The predicted octanol–water partition coefficient (Wildman–Crippen LogP) is 3.74. The van der Waals surface area contributed by atoms with Crippen molar-refractivity contribution in [3.8, 4) is 0 Å². The van der Waals surface area contributed by atoms with Crippen molar-refractivity contribution in [3.63, 3.8) is 0 Å². The largest absolute Gasteiger partial charge is 0.347 e. The fourth-order valence-corrected chi connectivity index (χ4v) is 3.81. The highest BCUT2D eigenvalue weighted by Crippen LogP contribution is 2.33. The Hall–Kier alpha value is -1.83. The summed E-state index contributed by atoms with van der Waals surface area (Å²) in [6.07, 6.45) is 8.39. The molecule has 1 heterocycles. The SMILES string of the molecule is O=C1CCCc2c1ccn2C1CCc2ccccc2C1. The number of hydrogen-bond acceptors (Lipinski definition) is 1. The zero-order valence-electron chi connectivity index (χ0n) is 11.6. The van der Waals surface area contributed by atoms with Crippen LogP contribution in [0.3, 0.4) is 0 Å². The average Bonchev–Trinajstić information content (AvgIpc) is 2.92. The van der Waals surface area contributed by atoms with Crippen molar-refractivity contribution in [2.45, 2.75) is 44.6 Å². The summed E-state index contributed by atoms with van der Waals surface area (Å²) in [6.45, 7) is 0. The number of carbonyl (C=O) groups is 1. The Balaban J connectivity index is 1.68. The van der Waals surface area contributed by atoms with Crippen molar-refractivity contribution in [1.29, 1.82) is 0 Å². The van der Waals surface area contributed by atoms with Crippen LogP contribution in [0.2, 0.25) is 0 Å². The van der Waals surface area contributed by atoms with Crippen LogP contribution in [0.25, 0.3) is 0 Å². The Labute approximate surface area is 119 Å². The van der Waals surface area contributed by atoms with Crippen molar-refractivity contribution in [3.05, 3.63) is 58.9 Å². The first-order valence-corrected chi connectivity index (χ1v) is 7.62. The quantitative estimate of drug-likeness (QED) is 0.770. The van der Waals surface area contributed by atoms with Crippen molar-refractivity contribution in [2.75, 3.05) is 0 Å². The van der Waals surface area contributed by atoms with E-state index in [4.69, 9.17) is 0 Å². The fraction of sp³-hybridized carbons (Fsp3) is 0.389. The molecule has 0 saturated heterocycles. The molecule has 2 aliphatic carbocycles. The molecule has 0 N–H and O–H groups in total. The van der Waals surface area contributed by atoms with Gasteiger partial charge < -0.3 is 4.57 Å². The van der Waals surface area contributed by atoms with Gasteiger partial charge in [0, 0.05) is 29.9 Å². The van der Waals surface area contributed by atoms with Crippen LogP contribution >= 0.6 is 0 Å². The van der Waals surface area contributed by atoms with Gasteiger partial charge in [0.15, 0.2) is 5.78 Å². The Morgan fingerprint density at radius 2 is 1.85 bits per heavy atom. The lowest BCUT2D eigenvalue weighted by atomic mass is 9.87. The maximum atomic E-state index is 12.0. The van der Waals surface area contributed by atoms with E-state index in [0.717, 1.165) is 37.7 Å². The molecule has 2 nitrogen and oxygen atoms in total. The number of aryl methyl sites for hydroxylation is 1. The number of rotatable bonds is 1. The molecule has 0 bridgehead atoms. The zero-order chi connectivity index (χ0) is 13.5. The third kappa shape index (κ3) is 1.82. The van der Waals surface area contributed by atoms with Crippen molar-refractivity contribution in [2.24, 2.45) is 0 Å². The summed E-state index contributed by atoms with van der Waals surface area (Å²) >= 11 is 0. The van der Waals surface area contributed by atoms with Gasteiger partial charge in [0.25, 0.3) is 0 Å².